The molecular formula is C21H13Cl2F8N3O2. The van der Waals surface area contributed by atoms with Crippen molar-refractivity contribution in [3.05, 3.63) is 63.1 Å². The largest absolute Gasteiger partial charge is 0.435 e. The van der Waals surface area contributed by atoms with Gasteiger partial charge < -0.3 is 9.74 Å². The molecule has 1 aromatic carbocycles. The number of carbonyl (C=O) groups excluding carboxylic acids is 1. The van der Waals surface area contributed by atoms with Crippen molar-refractivity contribution >= 4 is 34.8 Å². The van der Waals surface area contributed by atoms with E-state index in [2.05, 4.69) is 10.1 Å². The summed E-state index contributed by atoms with van der Waals surface area (Å²) < 4.78 is 108. The number of pyridine rings is 1. The zero-order valence-corrected chi connectivity index (χ0v) is 19.2. The summed E-state index contributed by atoms with van der Waals surface area (Å²) in [7, 11) is 0. The molecule has 3 heterocycles. The molecule has 0 N–H and O–H groups in total. The van der Waals surface area contributed by atoms with Crippen molar-refractivity contribution in [2.45, 2.75) is 36.5 Å². The third kappa shape index (κ3) is 4.70. The lowest BCUT2D eigenvalue weighted by Crippen LogP contribution is -2.59. The van der Waals surface area contributed by atoms with Crippen LogP contribution in [0.1, 0.15) is 29.7 Å². The normalized spacial score (nSPS) is 21.6. The maximum atomic E-state index is 15.0. The first-order chi connectivity index (χ1) is 16.5. The quantitative estimate of drug-likeness (QED) is 0.336. The molecule has 0 radical (unpaired) electrons. The van der Waals surface area contributed by atoms with Gasteiger partial charge in [0, 0.05) is 17.3 Å². The second-order valence-electron chi connectivity index (χ2n) is 8.32. The molecule has 4 rings (SSSR count). The van der Waals surface area contributed by atoms with Crippen LogP contribution in [0, 0.1) is 5.82 Å². The van der Waals surface area contributed by atoms with Crippen LogP contribution < -0.4 is 0 Å². The Hall–Kier alpha value is -2.67. The van der Waals surface area contributed by atoms with Crippen molar-refractivity contribution in [1.29, 1.82) is 0 Å². The minimum atomic E-state index is -5.03. The molecule has 0 aliphatic carbocycles. The van der Waals surface area contributed by atoms with Gasteiger partial charge in [-0.1, -0.05) is 28.4 Å². The number of likely N-dealkylation sites (tertiary alicyclic amines) is 1. The van der Waals surface area contributed by atoms with E-state index in [-0.39, 0.29) is 17.0 Å². The Kier molecular flexibility index (Phi) is 6.39. The van der Waals surface area contributed by atoms with Crippen LogP contribution in [0.3, 0.4) is 0 Å². The number of hydrogen-bond acceptors (Lipinski definition) is 4. The molecule has 1 amide bonds. The van der Waals surface area contributed by atoms with Gasteiger partial charge in [-0.05, 0) is 24.3 Å². The standard InChI is InChI=1S/C21H13Cl2F8N3O2/c22-12-3-11(4-13(23)17(12)24)19(21(29,30)31)5-14(33-36-19)10-1-2-15(32-7-10)18(25)8-34(9-18)16(35)6-20(26,27)28/h1-4,7H,5-6,8-9H2. The van der Waals surface area contributed by atoms with E-state index >= 15 is 4.39 Å². The summed E-state index contributed by atoms with van der Waals surface area (Å²) >= 11 is 11.3. The van der Waals surface area contributed by atoms with Crippen LogP contribution >= 0.6 is 23.2 Å². The lowest BCUT2D eigenvalue weighted by molar-refractivity contribution is -0.275. The summed E-state index contributed by atoms with van der Waals surface area (Å²) in [6.07, 6.45) is -11.3. The molecule has 1 atom stereocenters. The number of nitrogens with zero attached hydrogens (tertiary/aromatic N) is 3. The number of oxime groups is 1. The molecule has 1 saturated heterocycles. The molecule has 2 aromatic rings. The zero-order chi connectivity index (χ0) is 26.7. The van der Waals surface area contributed by atoms with Crippen LogP contribution in [0.25, 0.3) is 0 Å². The van der Waals surface area contributed by atoms with Crippen LogP contribution in [0.15, 0.2) is 35.6 Å². The van der Waals surface area contributed by atoms with Gasteiger partial charge in [0.05, 0.1) is 41.0 Å². The molecule has 1 fully saturated rings. The predicted octanol–water partition coefficient (Wildman–Crippen LogP) is 6.07. The predicted molar refractivity (Wildman–Crippen MR) is 111 cm³/mol. The van der Waals surface area contributed by atoms with Crippen LogP contribution in [0.5, 0.6) is 0 Å². The van der Waals surface area contributed by atoms with Crippen LogP contribution in [0.4, 0.5) is 35.1 Å². The molecule has 36 heavy (non-hydrogen) atoms. The second-order valence-corrected chi connectivity index (χ2v) is 9.14. The number of alkyl halides is 7. The number of benzene rings is 1. The fourth-order valence-corrected chi connectivity index (χ4v) is 4.34. The van der Waals surface area contributed by atoms with E-state index in [0.717, 1.165) is 24.4 Å². The lowest BCUT2D eigenvalue weighted by Gasteiger charge is -2.44. The Balaban J connectivity index is 1.52. The Morgan fingerprint density at radius 3 is 2.19 bits per heavy atom. The molecule has 194 valence electrons. The summed E-state index contributed by atoms with van der Waals surface area (Å²) in [5, 5.41) is 2.20. The molecule has 0 bridgehead atoms. The number of rotatable bonds is 4. The molecule has 2 aliphatic heterocycles. The molecular weight excluding hydrogens is 549 g/mol. The Bertz CT molecular complexity index is 1200. The first-order valence-corrected chi connectivity index (χ1v) is 10.8. The minimum absolute atomic E-state index is 0.0390. The maximum Gasteiger partial charge on any atom is 0.435 e. The van der Waals surface area contributed by atoms with Crippen molar-refractivity contribution in [1.82, 2.24) is 9.88 Å². The molecule has 0 spiro atoms. The highest BCUT2D eigenvalue weighted by Crippen LogP contribution is 2.50. The van der Waals surface area contributed by atoms with Crippen molar-refractivity contribution in [2.24, 2.45) is 5.16 Å². The molecule has 1 unspecified atom stereocenters. The van der Waals surface area contributed by atoms with Gasteiger partial charge in [-0.15, -0.1) is 0 Å². The first kappa shape index (κ1) is 26.4. The average Bonchev–Trinajstić information content (AvgIpc) is 3.21. The summed E-state index contributed by atoms with van der Waals surface area (Å²) in [4.78, 5) is 20.9. The monoisotopic (exact) mass is 561 g/mol. The van der Waals surface area contributed by atoms with Crippen LogP contribution in [-0.2, 0) is 20.9 Å². The van der Waals surface area contributed by atoms with Crippen LogP contribution in [-0.4, -0.2) is 46.9 Å². The third-order valence-corrected chi connectivity index (χ3v) is 6.33. The topological polar surface area (TPSA) is 54.8 Å². The van der Waals surface area contributed by atoms with E-state index in [4.69, 9.17) is 28.0 Å². The molecule has 1 aromatic heterocycles. The third-order valence-electron chi connectivity index (χ3n) is 5.78. The van der Waals surface area contributed by atoms with Gasteiger partial charge in [-0.2, -0.15) is 26.3 Å². The highest BCUT2D eigenvalue weighted by atomic mass is 35.5. The van der Waals surface area contributed by atoms with Gasteiger partial charge in [0.1, 0.15) is 6.42 Å². The fourth-order valence-electron chi connectivity index (χ4n) is 3.86. The van der Waals surface area contributed by atoms with Crippen molar-refractivity contribution in [3.63, 3.8) is 0 Å². The molecule has 0 saturated carbocycles. The SMILES string of the molecule is O=C(CC(F)(F)F)N1CC(F)(c2ccc(C3=NOC(c4cc(Cl)c(F)c(Cl)c4)(C(F)(F)F)C3)cn2)C1. The summed E-state index contributed by atoms with van der Waals surface area (Å²) in [5.41, 5.74) is -6.23. The summed E-state index contributed by atoms with van der Waals surface area (Å²) in [6, 6.07) is 3.79. The number of hydrogen-bond donors (Lipinski definition) is 0. The molecule has 2 aliphatic rings. The minimum Gasteiger partial charge on any atom is -0.374 e. The second kappa shape index (κ2) is 8.72. The van der Waals surface area contributed by atoms with Gasteiger partial charge in [-0.3, -0.25) is 9.78 Å². The number of carbonyl (C=O) groups is 1. The van der Waals surface area contributed by atoms with Crippen LogP contribution in [0.2, 0.25) is 10.0 Å². The van der Waals surface area contributed by atoms with E-state index in [1.54, 1.807) is 0 Å². The van der Waals surface area contributed by atoms with Gasteiger partial charge in [0.25, 0.3) is 5.60 Å². The number of aromatic nitrogens is 1. The van der Waals surface area contributed by atoms with Gasteiger partial charge in [0.15, 0.2) is 11.5 Å². The van der Waals surface area contributed by atoms with E-state index in [9.17, 15) is 35.5 Å². The Labute approximate surface area is 207 Å². The lowest BCUT2D eigenvalue weighted by atomic mass is 9.86. The fraction of sp³-hybridized carbons (Fsp3) is 0.381. The van der Waals surface area contributed by atoms with E-state index in [1.165, 1.54) is 6.07 Å². The molecule has 5 nitrogen and oxygen atoms in total. The zero-order valence-electron chi connectivity index (χ0n) is 17.7. The van der Waals surface area contributed by atoms with E-state index < -0.39 is 76.9 Å². The van der Waals surface area contributed by atoms with Gasteiger partial charge in [0.2, 0.25) is 5.91 Å². The van der Waals surface area contributed by atoms with Crippen molar-refractivity contribution in [3.8, 4) is 0 Å². The number of halogens is 10. The Morgan fingerprint density at radius 2 is 1.69 bits per heavy atom. The highest BCUT2D eigenvalue weighted by Gasteiger charge is 2.62. The average molecular weight is 562 g/mol. The van der Waals surface area contributed by atoms with Crippen molar-refractivity contribution < 1.29 is 44.8 Å². The first-order valence-electron chi connectivity index (χ1n) is 10.0. The molecule has 15 heteroatoms. The highest BCUT2D eigenvalue weighted by molar-refractivity contribution is 6.35. The van der Waals surface area contributed by atoms with E-state index in [1.807, 2.05) is 0 Å². The van der Waals surface area contributed by atoms with Gasteiger partial charge >= 0.3 is 12.4 Å². The van der Waals surface area contributed by atoms with E-state index in [0.29, 0.717) is 4.90 Å². The number of amides is 1. The smallest absolute Gasteiger partial charge is 0.374 e. The maximum absolute atomic E-state index is 15.0. The summed E-state index contributed by atoms with van der Waals surface area (Å²) in [6.45, 7) is -1.30. The van der Waals surface area contributed by atoms with Crippen molar-refractivity contribution in [2.75, 3.05) is 13.1 Å². The Morgan fingerprint density at radius 1 is 1.08 bits per heavy atom. The summed E-state index contributed by atoms with van der Waals surface area (Å²) in [5.74, 6) is -2.39. The van der Waals surface area contributed by atoms with Gasteiger partial charge in [-0.25, -0.2) is 8.78 Å².